The number of esters is 1. The first-order chi connectivity index (χ1) is 19.3. The van der Waals surface area contributed by atoms with E-state index >= 15 is 0 Å². The fourth-order valence-corrected chi connectivity index (χ4v) is 5.02. The summed E-state index contributed by atoms with van der Waals surface area (Å²) in [4.78, 5) is 19.1. The lowest BCUT2D eigenvalue weighted by Crippen LogP contribution is -2.43. The van der Waals surface area contributed by atoms with Gasteiger partial charge in [-0.3, -0.25) is 0 Å². The van der Waals surface area contributed by atoms with Crippen molar-refractivity contribution < 1.29 is 31.9 Å². The zero-order valence-electron chi connectivity index (χ0n) is 22.3. The van der Waals surface area contributed by atoms with E-state index in [0.717, 1.165) is 43.6 Å². The van der Waals surface area contributed by atoms with E-state index in [-0.39, 0.29) is 6.04 Å². The minimum absolute atomic E-state index is 0.140. The summed E-state index contributed by atoms with van der Waals surface area (Å²) < 4.78 is 56.2. The summed E-state index contributed by atoms with van der Waals surface area (Å²) in [5, 5.41) is 3.38. The summed E-state index contributed by atoms with van der Waals surface area (Å²) in [5.74, 6) is 0.0810. The Labute approximate surface area is 229 Å². The number of halogens is 3. The number of carbonyl (C=O) groups excluding carboxylic acids is 1. The molecule has 0 unspecified atom stereocenters. The van der Waals surface area contributed by atoms with Crippen molar-refractivity contribution in [3.8, 4) is 16.9 Å². The summed E-state index contributed by atoms with van der Waals surface area (Å²) in [6.45, 7) is 4.43. The molecule has 0 saturated carbocycles. The number of ether oxygens (including phenoxy) is 2. The molecule has 1 saturated heterocycles. The highest BCUT2D eigenvalue weighted by Crippen LogP contribution is 2.36. The van der Waals surface area contributed by atoms with Crippen LogP contribution in [0.1, 0.15) is 41.3 Å². The molecule has 4 aromatic rings. The molecule has 1 aromatic heterocycles. The third-order valence-electron chi connectivity index (χ3n) is 7.03. The van der Waals surface area contributed by atoms with Crippen molar-refractivity contribution in [1.82, 2.24) is 10.3 Å². The molecular weight excluding hydrogens is 523 g/mol. The van der Waals surface area contributed by atoms with Crippen LogP contribution in [0.3, 0.4) is 0 Å². The Hall–Kier alpha value is -4.05. The number of nitrogens with one attached hydrogen (secondary N) is 1. The highest BCUT2D eigenvalue weighted by Gasteiger charge is 2.30. The Bertz CT molecular complexity index is 1480. The van der Waals surface area contributed by atoms with E-state index in [0.29, 0.717) is 52.7 Å². The first kappa shape index (κ1) is 27.5. The highest BCUT2D eigenvalue weighted by molar-refractivity contribution is 6.01. The lowest BCUT2D eigenvalue weighted by atomic mass is 10.00. The molecule has 1 N–H and O–H groups in total. The topological polar surface area (TPSA) is 76.8 Å². The number of aromatic nitrogens is 1. The third-order valence-corrected chi connectivity index (χ3v) is 7.03. The molecule has 10 heteroatoms. The highest BCUT2D eigenvalue weighted by atomic mass is 19.4. The van der Waals surface area contributed by atoms with Crippen LogP contribution in [-0.4, -0.2) is 43.8 Å². The first-order valence-corrected chi connectivity index (χ1v) is 13.2. The smallest absolute Gasteiger partial charge is 0.416 e. The van der Waals surface area contributed by atoms with Gasteiger partial charge >= 0.3 is 12.1 Å². The molecule has 5 rings (SSSR count). The van der Waals surface area contributed by atoms with Gasteiger partial charge in [0.05, 0.1) is 19.3 Å². The molecule has 1 aliphatic heterocycles. The molecule has 0 bridgehead atoms. The van der Waals surface area contributed by atoms with Crippen LogP contribution in [-0.2, 0) is 17.5 Å². The van der Waals surface area contributed by atoms with E-state index in [1.54, 1.807) is 18.2 Å². The molecule has 0 spiro atoms. The van der Waals surface area contributed by atoms with Gasteiger partial charge in [0, 0.05) is 18.2 Å². The number of fused-ring (bicyclic) bond motifs is 1. The second-order valence-electron chi connectivity index (χ2n) is 9.59. The molecule has 1 aliphatic rings. The maximum atomic E-state index is 13.1. The summed E-state index contributed by atoms with van der Waals surface area (Å²) in [6.07, 6.45) is -2.64. The Kier molecular flexibility index (Phi) is 7.97. The standard InChI is InChI=1S/C30H30F3N3O4/c1-3-39-26-17-19(7-12-23(26)20-8-10-21(11-9-20)30(31,32)33)18-36(22-13-15-34-16-14-22)29-35-25-6-4-5-24(27(25)40-29)28(37)38-2/h4-12,17,22,34H,3,13-16,18H2,1-2H3. The molecular formula is C30H30F3N3O4. The number of oxazole rings is 1. The molecule has 0 aliphatic carbocycles. The maximum Gasteiger partial charge on any atom is 0.416 e. The zero-order chi connectivity index (χ0) is 28.3. The van der Waals surface area contributed by atoms with Gasteiger partial charge in [-0.05, 0) is 74.3 Å². The van der Waals surface area contributed by atoms with Crippen LogP contribution in [0.25, 0.3) is 22.2 Å². The number of carbonyl (C=O) groups is 1. The van der Waals surface area contributed by atoms with Gasteiger partial charge in [-0.25, -0.2) is 4.79 Å². The van der Waals surface area contributed by atoms with Gasteiger partial charge in [-0.15, -0.1) is 0 Å². The molecule has 0 radical (unpaired) electrons. The largest absolute Gasteiger partial charge is 0.493 e. The lowest BCUT2D eigenvalue weighted by Gasteiger charge is -2.33. The SMILES string of the molecule is CCOc1cc(CN(c2nc3cccc(C(=O)OC)c3o2)C2CCNCC2)ccc1-c1ccc(C(F)(F)F)cc1. The third kappa shape index (κ3) is 5.77. The molecule has 3 aromatic carbocycles. The second-order valence-corrected chi connectivity index (χ2v) is 9.59. The van der Waals surface area contributed by atoms with Crippen molar-refractivity contribution >= 4 is 23.1 Å². The van der Waals surface area contributed by atoms with Crippen LogP contribution in [0.2, 0.25) is 0 Å². The quantitative estimate of drug-likeness (QED) is 0.251. The molecule has 0 amide bonds. The average Bonchev–Trinajstić information content (AvgIpc) is 3.40. The summed E-state index contributed by atoms with van der Waals surface area (Å²) in [6, 6.07) is 16.5. The number of hydrogen-bond acceptors (Lipinski definition) is 7. The number of methoxy groups -OCH3 is 1. The van der Waals surface area contributed by atoms with E-state index in [1.807, 2.05) is 25.1 Å². The molecule has 1 fully saturated rings. The predicted octanol–water partition coefficient (Wildman–Crippen LogP) is 6.46. The van der Waals surface area contributed by atoms with Crippen LogP contribution in [0.15, 0.2) is 65.1 Å². The lowest BCUT2D eigenvalue weighted by molar-refractivity contribution is -0.137. The number of piperidine rings is 1. The molecule has 210 valence electrons. The number of benzene rings is 3. The Morgan fingerprint density at radius 1 is 1.10 bits per heavy atom. The van der Waals surface area contributed by atoms with Crippen LogP contribution in [0.4, 0.5) is 19.2 Å². The number of hydrogen-bond donors (Lipinski definition) is 1. The average molecular weight is 554 g/mol. The first-order valence-electron chi connectivity index (χ1n) is 13.2. The zero-order valence-corrected chi connectivity index (χ0v) is 22.3. The second kappa shape index (κ2) is 11.6. The van der Waals surface area contributed by atoms with Gasteiger partial charge in [-0.1, -0.05) is 30.3 Å². The van der Waals surface area contributed by atoms with Gasteiger partial charge in [0.25, 0.3) is 6.01 Å². The number of para-hydroxylation sites is 1. The van der Waals surface area contributed by atoms with E-state index in [1.165, 1.54) is 19.2 Å². The van der Waals surface area contributed by atoms with Crippen molar-refractivity contribution in [2.45, 2.75) is 38.5 Å². The molecule has 7 nitrogen and oxygen atoms in total. The van der Waals surface area contributed by atoms with E-state index < -0.39 is 17.7 Å². The van der Waals surface area contributed by atoms with Crippen LogP contribution < -0.4 is 15.0 Å². The Balaban J connectivity index is 1.50. The molecule has 0 atom stereocenters. The van der Waals surface area contributed by atoms with Gasteiger partial charge in [0.15, 0.2) is 5.58 Å². The number of rotatable bonds is 8. The summed E-state index contributed by atoms with van der Waals surface area (Å²) in [7, 11) is 1.32. The molecule has 2 heterocycles. The van der Waals surface area contributed by atoms with Crippen molar-refractivity contribution in [1.29, 1.82) is 0 Å². The summed E-state index contributed by atoms with van der Waals surface area (Å²) >= 11 is 0. The van der Waals surface area contributed by atoms with E-state index in [2.05, 4.69) is 10.2 Å². The Morgan fingerprint density at radius 3 is 2.52 bits per heavy atom. The van der Waals surface area contributed by atoms with Crippen LogP contribution in [0.5, 0.6) is 5.75 Å². The van der Waals surface area contributed by atoms with Gasteiger partial charge in [0.1, 0.15) is 16.8 Å². The number of anilines is 1. The van der Waals surface area contributed by atoms with Crippen molar-refractivity contribution in [2.75, 3.05) is 31.7 Å². The van der Waals surface area contributed by atoms with E-state index in [9.17, 15) is 18.0 Å². The van der Waals surface area contributed by atoms with Gasteiger partial charge in [-0.2, -0.15) is 18.2 Å². The predicted molar refractivity (Wildman–Crippen MR) is 145 cm³/mol. The maximum absolute atomic E-state index is 13.1. The van der Waals surface area contributed by atoms with E-state index in [4.69, 9.17) is 18.9 Å². The normalized spacial score (nSPS) is 14.3. The van der Waals surface area contributed by atoms with Crippen molar-refractivity contribution in [2.24, 2.45) is 0 Å². The van der Waals surface area contributed by atoms with Crippen molar-refractivity contribution in [3.63, 3.8) is 0 Å². The van der Waals surface area contributed by atoms with Crippen LogP contribution in [0, 0.1) is 0 Å². The van der Waals surface area contributed by atoms with Crippen molar-refractivity contribution in [3.05, 3.63) is 77.4 Å². The fraction of sp³-hybridized carbons (Fsp3) is 0.333. The fourth-order valence-electron chi connectivity index (χ4n) is 5.02. The molecule has 40 heavy (non-hydrogen) atoms. The minimum atomic E-state index is -4.40. The minimum Gasteiger partial charge on any atom is -0.493 e. The van der Waals surface area contributed by atoms with Crippen LogP contribution >= 0.6 is 0 Å². The van der Waals surface area contributed by atoms with Gasteiger partial charge in [0.2, 0.25) is 0 Å². The van der Waals surface area contributed by atoms with Gasteiger partial charge < -0.3 is 24.1 Å². The number of nitrogens with zero attached hydrogens (tertiary/aromatic N) is 2. The number of alkyl halides is 3. The Morgan fingerprint density at radius 2 is 1.85 bits per heavy atom. The summed E-state index contributed by atoms with van der Waals surface area (Å²) in [5.41, 5.74) is 2.80. The monoisotopic (exact) mass is 553 g/mol.